The number of fused-ring (bicyclic) bond motifs is 1. The van der Waals surface area contributed by atoms with Gasteiger partial charge in [0, 0.05) is 43.0 Å². The average molecular weight is 530 g/mol. The number of pyridine rings is 1. The maximum atomic E-state index is 14.0. The number of methoxy groups -OCH3 is 1. The lowest BCUT2D eigenvalue weighted by atomic mass is 9.97. The van der Waals surface area contributed by atoms with Crippen LogP contribution in [0.25, 0.3) is 11.3 Å². The fourth-order valence-electron chi connectivity index (χ4n) is 4.73. The summed E-state index contributed by atoms with van der Waals surface area (Å²) in [6, 6.07) is 7.08. The number of benzene rings is 1. The summed E-state index contributed by atoms with van der Waals surface area (Å²) in [6.07, 6.45) is 3.18. The van der Waals surface area contributed by atoms with Crippen molar-refractivity contribution < 1.29 is 23.4 Å². The van der Waals surface area contributed by atoms with Crippen LogP contribution in [0.2, 0.25) is 5.02 Å². The van der Waals surface area contributed by atoms with Gasteiger partial charge < -0.3 is 34.7 Å². The zero-order chi connectivity index (χ0) is 25.9. The Hall–Kier alpha value is -3.34. The molecule has 0 bridgehead atoms. The summed E-state index contributed by atoms with van der Waals surface area (Å²) in [7, 11) is 3.56. The van der Waals surface area contributed by atoms with Crippen LogP contribution >= 0.6 is 11.6 Å². The number of likely N-dealkylation sites (N-methyl/N-ethyl adjacent to an activating group) is 1. The lowest BCUT2D eigenvalue weighted by Gasteiger charge is -2.30. The number of amides is 1. The molecule has 4 heterocycles. The number of nitrogens with one attached hydrogen (secondary N) is 3. The zero-order valence-corrected chi connectivity index (χ0v) is 21.4. The zero-order valence-electron chi connectivity index (χ0n) is 20.6. The Kier molecular flexibility index (Phi) is 7.50. The van der Waals surface area contributed by atoms with Crippen LogP contribution < -0.4 is 20.1 Å². The van der Waals surface area contributed by atoms with E-state index in [9.17, 15) is 9.18 Å². The smallest absolute Gasteiger partial charge is 0.255 e. The van der Waals surface area contributed by atoms with Crippen LogP contribution in [0.15, 0.2) is 36.7 Å². The first-order valence-corrected chi connectivity index (χ1v) is 12.4. The van der Waals surface area contributed by atoms with Crippen molar-refractivity contribution in [3.05, 3.63) is 52.9 Å². The number of aromatic nitrogens is 2. The number of aromatic amines is 1. The van der Waals surface area contributed by atoms with Crippen LogP contribution in [0.3, 0.4) is 0 Å². The minimum Gasteiger partial charge on any atom is -0.493 e. The van der Waals surface area contributed by atoms with Crippen molar-refractivity contribution in [2.24, 2.45) is 0 Å². The van der Waals surface area contributed by atoms with Crippen LogP contribution in [-0.4, -0.2) is 80.6 Å². The van der Waals surface area contributed by atoms with Gasteiger partial charge in [-0.05, 0) is 25.2 Å². The normalized spacial score (nSPS) is 19.7. The van der Waals surface area contributed by atoms with Crippen LogP contribution in [0.5, 0.6) is 11.5 Å². The quantitative estimate of drug-likeness (QED) is 0.405. The minimum absolute atomic E-state index is 0.0846. The van der Waals surface area contributed by atoms with E-state index in [4.69, 9.17) is 25.8 Å². The van der Waals surface area contributed by atoms with E-state index in [1.54, 1.807) is 36.7 Å². The summed E-state index contributed by atoms with van der Waals surface area (Å²) in [5.41, 5.74) is 3.12. The molecule has 196 valence electrons. The molecule has 0 spiro atoms. The Bertz CT molecular complexity index is 1290. The lowest BCUT2D eigenvalue weighted by molar-refractivity contribution is -0.0403. The molecule has 1 saturated heterocycles. The van der Waals surface area contributed by atoms with Gasteiger partial charge in [-0.2, -0.15) is 0 Å². The molecule has 5 rings (SSSR count). The Morgan fingerprint density at radius 1 is 1.35 bits per heavy atom. The minimum atomic E-state index is -0.626. The number of nitrogens with zero attached hydrogens (tertiary/aromatic N) is 2. The fraction of sp³-hybridized carbons (Fsp3) is 0.385. The molecule has 9 nitrogen and oxygen atoms in total. The predicted octanol–water partition coefficient (Wildman–Crippen LogP) is 3.99. The second kappa shape index (κ2) is 11.0. The highest BCUT2D eigenvalue weighted by molar-refractivity contribution is 6.32. The van der Waals surface area contributed by atoms with Crippen molar-refractivity contribution in [3.8, 4) is 22.8 Å². The molecule has 0 radical (unpaired) electrons. The third kappa shape index (κ3) is 5.09. The monoisotopic (exact) mass is 529 g/mol. The summed E-state index contributed by atoms with van der Waals surface area (Å²) in [5, 5.41) is 6.53. The molecule has 2 aliphatic rings. The van der Waals surface area contributed by atoms with E-state index in [0.717, 1.165) is 13.1 Å². The first-order chi connectivity index (χ1) is 18.0. The number of H-pyrrole nitrogens is 1. The largest absolute Gasteiger partial charge is 0.493 e. The lowest BCUT2D eigenvalue weighted by Crippen LogP contribution is -2.42. The van der Waals surface area contributed by atoms with E-state index in [2.05, 4.69) is 25.5 Å². The molecular formula is C26H29ClFN5O4. The fourth-order valence-corrected chi connectivity index (χ4v) is 4.98. The Morgan fingerprint density at radius 2 is 2.22 bits per heavy atom. The summed E-state index contributed by atoms with van der Waals surface area (Å²) >= 11 is 6.35. The first kappa shape index (κ1) is 25.3. The van der Waals surface area contributed by atoms with E-state index < -0.39 is 12.6 Å². The van der Waals surface area contributed by atoms with Gasteiger partial charge in [0.2, 0.25) is 0 Å². The highest BCUT2D eigenvalue weighted by Gasteiger charge is 2.34. The average Bonchev–Trinajstić information content (AvgIpc) is 3.28. The van der Waals surface area contributed by atoms with Gasteiger partial charge in [-0.15, -0.1) is 0 Å². The Balaban J connectivity index is 1.58. The predicted molar refractivity (Wildman–Crippen MR) is 139 cm³/mol. The van der Waals surface area contributed by atoms with Crippen molar-refractivity contribution in [2.75, 3.05) is 59.0 Å². The van der Waals surface area contributed by atoms with Gasteiger partial charge >= 0.3 is 0 Å². The number of rotatable bonds is 8. The van der Waals surface area contributed by atoms with E-state index in [0.29, 0.717) is 63.6 Å². The van der Waals surface area contributed by atoms with Gasteiger partial charge in [0.15, 0.2) is 5.75 Å². The molecule has 2 atom stereocenters. The molecule has 1 aromatic carbocycles. The molecule has 11 heteroatoms. The maximum absolute atomic E-state index is 14.0. The number of para-hydroxylation sites is 1. The van der Waals surface area contributed by atoms with Crippen molar-refractivity contribution in [1.82, 2.24) is 20.2 Å². The maximum Gasteiger partial charge on any atom is 0.255 e. The number of halogens is 2. The van der Waals surface area contributed by atoms with Gasteiger partial charge in [-0.3, -0.25) is 14.2 Å². The molecule has 2 aliphatic heterocycles. The number of carbonyl (C=O) groups excluding carboxylic acids is 1. The summed E-state index contributed by atoms with van der Waals surface area (Å²) in [5.74, 6) is 0.117. The number of morpholine rings is 1. The van der Waals surface area contributed by atoms with Crippen molar-refractivity contribution in [2.45, 2.75) is 12.0 Å². The van der Waals surface area contributed by atoms with Crippen LogP contribution in [0, 0.1) is 0 Å². The van der Waals surface area contributed by atoms with E-state index >= 15 is 0 Å². The molecule has 3 N–H and O–H groups in total. The van der Waals surface area contributed by atoms with Crippen molar-refractivity contribution in [1.29, 1.82) is 0 Å². The standard InChI is InChI=1S/C26H29ClFN5O4/c1-33-8-9-36-16(13-33)14-37-20-12-29-7-6-17(20)23-24(31-19-5-3-4-18(27)25(19)35-2)21-22(32-23)15(10-28)11-30-26(21)34/h3-7,12,15-16,31-32H,8-11,13-14H2,1-2H3,(H,30,34)/t15-,16-/m1/s1. The number of ether oxygens (including phenoxy) is 3. The summed E-state index contributed by atoms with van der Waals surface area (Å²) in [4.78, 5) is 22.8. The topological polar surface area (TPSA) is 101 Å². The van der Waals surface area contributed by atoms with Gasteiger partial charge in [0.1, 0.15) is 18.5 Å². The molecule has 0 saturated carbocycles. The number of anilines is 2. The molecule has 1 fully saturated rings. The van der Waals surface area contributed by atoms with Gasteiger partial charge in [0.25, 0.3) is 5.91 Å². The Morgan fingerprint density at radius 3 is 3.00 bits per heavy atom. The first-order valence-electron chi connectivity index (χ1n) is 12.1. The van der Waals surface area contributed by atoms with Gasteiger partial charge in [0.05, 0.1) is 54.2 Å². The van der Waals surface area contributed by atoms with Gasteiger partial charge in [-0.1, -0.05) is 17.7 Å². The number of carbonyl (C=O) groups is 1. The molecule has 1 amide bonds. The van der Waals surface area contributed by atoms with E-state index in [1.807, 2.05) is 7.05 Å². The second-order valence-electron chi connectivity index (χ2n) is 9.11. The van der Waals surface area contributed by atoms with E-state index in [1.165, 1.54) is 7.11 Å². The molecule has 37 heavy (non-hydrogen) atoms. The second-order valence-corrected chi connectivity index (χ2v) is 9.52. The number of alkyl halides is 1. The molecule has 3 aromatic rings. The molecule has 0 unspecified atom stereocenters. The molecule has 0 aliphatic carbocycles. The van der Waals surface area contributed by atoms with Crippen LogP contribution in [0.4, 0.5) is 15.8 Å². The summed E-state index contributed by atoms with van der Waals surface area (Å²) < 4.78 is 31.5. The third-order valence-corrected chi connectivity index (χ3v) is 6.91. The summed E-state index contributed by atoms with van der Waals surface area (Å²) in [6.45, 7) is 2.19. The number of hydrogen-bond donors (Lipinski definition) is 3. The highest BCUT2D eigenvalue weighted by atomic mass is 35.5. The molecule has 2 aromatic heterocycles. The Labute approximate surface area is 219 Å². The van der Waals surface area contributed by atoms with Crippen LogP contribution in [0.1, 0.15) is 22.0 Å². The van der Waals surface area contributed by atoms with Crippen LogP contribution in [-0.2, 0) is 4.74 Å². The van der Waals surface area contributed by atoms with Crippen molar-refractivity contribution >= 4 is 28.9 Å². The van der Waals surface area contributed by atoms with Gasteiger partial charge in [-0.25, -0.2) is 0 Å². The van der Waals surface area contributed by atoms with E-state index in [-0.39, 0.29) is 18.6 Å². The SMILES string of the molecule is COc1c(Cl)cccc1Nc1c(-c2ccncc2OC[C@H]2CN(C)CCO2)[nH]c2c1C(=O)NC[C@H]2CF. The third-order valence-electron chi connectivity index (χ3n) is 6.61. The molecular weight excluding hydrogens is 501 g/mol. The van der Waals surface area contributed by atoms with Crippen molar-refractivity contribution in [3.63, 3.8) is 0 Å². The highest BCUT2D eigenvalue weighted by Crippen LogP contribution is 2.44. The number of hydrogen-bond acceptors (Lipinski definition) is 7.